The van der Waals surface area contributed by atoms with E-state index in [9.17, 15) is 9.18 Å². The standard InChI is InChI=1S/C11H14BrFN2O/c1-14-5-6-15(2)11(16)9-7-8(12)3-4-10(9)13/h3-4,7,14H,5-6H2,1-2H3. The summed E-state index contributed by atoms with van der Waals surface area (Å²) in [4.78, 5) is 13.3. The van der Waals surface area contributed by atoms with Crippen LogP contribution in [-0.2, 0) is 0 Å². The van der Waals surface area contributed by atoms with Crippen molar-refractivity contribution in [2.45, 2.75) is 0 Å². The molecular weight excluding hydrogens is 275 g/mol. The molecule has 16 heavy (non-hydrogen) atoms. The first-order valence-corrected chi connectivity index (χ1v) is 5.70. The van der Waals surface area contributed by atoms with E-state index in [1.54, 1.807) is 20.2 Å². The Labute approximate surface area is 103 Å². The quantitative estimate of drug-likeness (QED) is 0.918. The summed E-state index contributed by atoms with van der Waals surface area (Å²) in [6.45, 7) is 1.22. The highest BCUT2D eigenvalue weighted by atomic mass is 79.9. The molecule has 0 aliphatic heterocycles. The van der Waals surface area contributed by atoms with Gasteiger partial charge in [0.1, 0.15) is 5.82 Å². The molecule has 0 fully saturated rings. The maximum Gasteiger partial charge on any atom is 0.256 e. The fraction of sp³-hybridized carbons (Fsp3) is 0.364. The third-order valence-corrected chi connectivity index (χ3v) is 2.70. The number of rotatable bonds is 4. The molecule has 88 valence electrons. The molecular formula is C11H14BrFN2O. The van der Waals surface area contributed by atoms with E-state index >= 15 is 0 Å². The van der Waals surface area contributed by atoms with Crippen molar-refractivity contribution in [3.05, 3.63) is 34.1 Å². The highest BCUT2D eigenvalue weighted by Gasteiger charge is 2.15. The zero-order chi connectivity index (χ0) is 12.1. The lowest BCUT2D eigenvalue weighted by atomic mass is 10.2. The summed E-state index contributed by atoms with van der Waals surface area (Å²) in [6.07, 6.45) is 0. The van der Waals surface area contributed by atoms with E-state index in [1.807, 2.05) is 0 Å². The molecule has 5 heteroatoms. The van der Waals surface area contributed by atoms with Gasteiger partial charge in [0, 0.05) is 24.6 Å². The van der Waals surface area contributed by atoms with Gasteiger partial charge >= 0.3 is 0 Å². The van der Waals surface area contributed by atoms with Crippen LogP contribution in [0.15, 0.2) is 22.7 Å². The van der Waals surface area contributed by atoms with Crippen molar-refractivity contribution in [3.63, 3.8) is 0 Å². The van der Waals surface area contributed by atoms with Gasteiger partial charge in [-0.15, -0.1) is 0 Å². The lowest BCUT2D eigenvalue weighted by molar-refractivity contribution is 0.0792. The molecule has 0 heterocycles. The Balaban J connectivity index is 2.83. The summed E-state index contributed by atoms with van der Waals surface area (Å²) in [7, 11) is 3.46. The number of nitrogens with one attached hydrogen (secondary N) is 1. The number of halogens is 2. The zero-order valence-corrected chi connectivity index (χ0v) is 10.8. The van der Waals surface area contributed by atoms with E-state index in [-0.39, 0.29) is 11.5 Å². The monoisotopic (exact) mass is 288 g/mol. The van der Waals surface area contributed by atoms with Crippen LogP contribution in [0, 0.1) is 5.82 Å². The first-order chi connectivity index (χ1) is 7.56. The maximum atomic E-state index is 13.4. The SMILES string of the molecule is CNCCN(C)C(=O)c1cc(Br)ccc1F. The molecule has 1 aromatic rings. The van der Waals surface area contributed by atoms with Gasteiger partial charge in [0.15, 0.2) is 0 Å². The van der Waals surface area contributed by atoms with Crippen LogP contribution >= 0.6 is 15.9 Å². The van der Waals surface area contributed by atoms with Crippen LogP contribution < -0.4 is 5.32 Å². The fourth-order valence-electron chi connectivity index (χ4n) is 1.25. The fourth-order valence-corrected chi connectivity index (χ4v) is 1.61. The van der Waals surface area contributed by atoms with E-state index in [4.69, 9.17) is 0 Å². The first-order valence-electron chi connectivity index (χ1n) is 4.91. The molecule has 0 unspecified atom stereocenters. The summed E-state index contributed by atoms with van der Waals surface area (Å²) in [5.74, 6) is -0.807. The van der Waals surface area contributed by atoms with E-state index in [0.717, 1.165) is 0 Å². The van der Waals surface area contributed by atoms with Gasteiger partial charge < -0.3 is 10.2 Å². The minimum atomic E-state index is -0.496. The normalized spacial score (nSPS) is 10.2. The van der Waals surface area contributed by atoms with Crippen LogP contribution in [0.5, 0.6) is 0 Å². The van der Waals surface area contributed by atoms with Gasteiger partial charge in [-0.05, 0) is 25.2 Å². The molecule has 0 saturated carbocycles. The van der Waals surface area contributed by atoms with Crippen molar-refractivity contribution in [1.82, 2.24) is 10.2 Å². The molecule has 0 aliphatic rings. The predicted molar refractivity (Wildman–Crippen MR) is 65.0 cm³/mol. The van der Waals surface area contributed by atoms with Crippen molar-refractivity contribution in [2.24, 2.45) is 0 Å². The van der Waals surface area contributed by atoms with Gasteiger partial charge in [-0.2, -0.15) is 0 Å². The molecule has 0 atom stereocenters. The molecule has 0 bridgehead atoms. The number of likely N-dealkylation sites (N-methyl/N-ethyl adjacent to an activating group) is 2. The van der Waals surface area contributed by atoms with E-state index in [2.05, 4.69) is 21.2 Å². The molecule has 0 aromatic heterocycles. The van der Waals surface area contributed by atoms with Crippen LogP contribution in [0.25, 0.3) is 0 Å². The van der Waals surface area contributed by atoms with Crippen molar-refractivity contribution in [2.75, 3.05) is 27.2 Å². The van der Waals surface area contributed by atoms with Gasteiger partial charge in [0.25, 0.3) is 5.91 Å². The number of carbonyl (C=O) groups is 1. The second-order valence-electron chi connectivity index (χ2n) is 3.45. The average Bonchev–Trinajstić information content (AvgIpc) is 2.28. The Bertz CT molecular complexity index is 384. The number of benzene rings is 1. The Morgan fingerprint density at radius 2 is 2.25 bits per heavy atom. The summed E-state index contributed by atoms with van der Waals surface area (Å²) in [6, 6.07) is 4.34. The smallest absolute Gasteiger partial charge is 0.256 e. The van der Waals surface area contributed by atoms with Crippen molar-refractivity contribution in [1.29, 1.82) is 0 Å². The Kier molecular flexibility index (Phi) is 4.89. The number of hydrogen-bond acceptors (Lipinski definition) is 2. The Morgan fingerprint density at radius 3 is 2.88 bits per heavy atom. The van der Waals surface area contributed by atoms with Crippen LogP contribution in [-0.4, -0.2) is 38.0 Å². The van der Waals surface area contributed by atoms with E-state index < -0.39 is 5.82 Å². The number of amides is 1. The molecule has 1 rings (SSSR count). The summed E-state index contributed by atoms with van der Waals surface area (Å²) < 4.78 is 14.1. The Morgan fingerprint density at radius 1 is 1.56 bits per heavy atom. The number of hydrogen-bond donors (Lipinski definition) is 1. The topological polar surface area (TPSA) is 32.3 Å². The van der Waals surface area contributed by atoms with E-state index in [0.29, 0.717) is 17.6 Å². The van der Waals surface area contributed by atoms with Crippen LogP contribution in [0.2, 0.25) is 0 Å². The van der Waals surface area contributed by atoms with Crippen molar-refractivity contribution < 1.29 is 9.18 Å². The Hall–Kier alpha value is -0.940. The lowest BCUT2D eigenvalue weighted by Gasteiger charge is -2.17. The minimum absolute atomic E-state index is 0.0907. The molecule has 0 spiro atoms. The number of carbonyl (C=O) groups excluding carboxylic acids is 1. The molecule has 1 aromatic carbocycles. The van der Waals surface area contributed by atoms with Crippen molar-refractivity contribution in [3.8, 4) is 0 Å². The predicted octanol–water partition coefficient (Wildman–Crippen LogP) is 1.88. The molecule has 1 N–H and O–H groups in total. The van der Waals surface area contributed by atoms with Gasteiger partial charge in [-0.1, -0.05) is 15.9 Å². The molecule has 3 nitrogen and oxygen atoms in total. The summed E-state index contributed by atoms with van der Waals surface area (Å²) in [5.41, 5.74) is 0.0907. The van der Waals surface area contributed by atoms with Crippen LogP contribution in [0.4, 0.5) is 4.39 Å². The van der Waals surface area contributed by atoms with Gasteiger partial charge in [0.05, 0.1) is 5.56 Å². The third kappa shape index (κ3) is 3.28. The summed E-state index contributed by atoms with van der Waals surface area (Å²) >= 11 is 3.22. The van der Waals surface area contributed by atoms with Crippen LogP contribution in [0.1, 0.15) is 10.4 Å². The first kappa shape index (κ1) is 13.1. The third-order valence-electron chi connectivity index (χ3n) is 2.20. The second kappa shape index (κ2) is 5.96. The largest absolute Gasteiger partial charge is 0.340 e. The summed E-state index contributed by atoms with van der Waals surface area (Å²) in [5, 5.41) is 2.93. The van der Waals surface area contributed by atoms with E-state index in [1.165, 1.54) is 17.0 Å². The zero-order valence-electron chi connectivity index (χ0n) is 9.26. The highest BCUT2D eigenvalue weighted by molar-refractivity contribution is 9.10. The van der Waals surface area contributed by atoms with Gasteiger partial charge in [0.2, 0.25) is 0 Å². The van der Waals surface area contributed by atoms with Gasteiger partial charge in [-0.25, -0.2) is 4.39 Å². The van der Waals surface area contributed by atoms with Gasteiger partial charge in [-0.3, -0.25) is 4.79 Å². The molecule has 0 aliphatic carbocycles. The molecule has 1 amide bonds. The average molecular weight is 289 g/mol. The van der Waals surface area contributed by atoms with Crippen LogP contribution in [0.3, 0.4) is 0 Å². The molecule has 0 saturated heterocycles. The number of nitrogens with zero attached hydrogens (tertiary/aromatic N) is 1. The lowest BCUT2D eigenvalue weighted by Crippen LogP contribution is -2.33. The maximum absolute atomic E-state index is 13.4. The molecule has 0 radical (unpaired) electrons. The highest BCUT2D eigenvalue weighted by Crippen LogP contribution is 2.16. The van der Waals surface area contributed by atoms with Crippen molar-refractivity contribution >= 4 is 21.8 Å². The second-order valence-corrected chi connectivity index (χ2v) is 4.37. The minimum Gasteiger partial charge on any atom is -0.340 e.